The zero-order valence-corrected chi connectivity index (χ0v) is 7.12. The lowest BCUT2D eigenvalue weighted by atomic mass is 9.95. The third kappa shape index (κ3) is 9.94. The van der Waals surface area contributed by atoms with Crippen molar-refractivity contribution in [2.75, 3.05) is 13.1 Å². The molecule has 3 nitrogen and oxygen atoms in total. The molecule has 4 heteroatoms. The first-order valence-electron chi connectivity index (χ1n) is 4.21. The predicted octanol–water partition coefficient (Wildman–Crippen LogP) is 0.595. The van der Waals surface area contributed by atoms with Crippen molar-refractivity contribution >= 4 is 7.12 Å². The molecule has 0 spiro atoms. The Morgan fingerprint density at radius 1 is 1.18 bits per heavy atom. The summed E-state index contributed by atoms with van der Waals surface area (Å²) in [6.07, 6.45) is 4.62. The van der Waals surface area contributed by atoms with Gasteiger partial charge < -0.3 is 14.8 Å². The summed E-state index contributed by atoms with van der Waals surface area (Å²) in [5.74, 6) is 0. The molecule has 0 saturated heterocycles. The van der Waals surface area contributed by atoms with Crippen LogP contribution in [0.5, 0.6) is 0 Å². The Labute approximate surface area is 68.5 Å². The fraction of sp³-hybridized carbons (Fsp3) is 1.00. The van der Waals surface area contributed by atoms with E-state index in [0.717, 1.165) is 12.8 Å². The van der Waals surface area contributed by atoms with Crippen molar-refractivity contribution in [2.24, 2.45) is 0 Å². The Balaban J connectivity index is 2.80. The van der Waals surface area contributed by atoms with Gasteiger partial charge in [-0.2, -0.15) is 0 Å². The first kappa shape index (κ1) is 10.9. The van der Waals surface area contributed by atoms with Crippen molar-refractivity contribution in [1.29, 1.82) is 0 Å². The molecule has 0 aromatic carbocycles. The van der Waals surface area contributed by atoms with Gasteiger partial charge in [0.15, 0.2) is 0 Å². The van der Waals surface area contributed by atoms with Crippen molar-refractivity contribution in [2.45, 2.75) is 32.6 Å². The van der Waals surface area contributed by atoms with Crippen LogP contribution in [0, 0.1) is 0 Å². The van der Waals surface area contributed by atoms with Crippen LogP contribution in [-0.4, -0.2) is 30.3 Å². The molecule has 0 aliphatic rings. The van der Waals surface area contributed by atoms with Gasteiger partial charge in [-0.25, -0.2) is 0 Å². The topological polar surface area (TPSA) is 49.7 Å². The molecule has 0 fully saturated rings. The zero-order valence-electron chi connectivity index (χ0n) is 7.12. The molecule has 0 aromatic heterocycles. The smallest absolute Gasteiger partial charge is 0.426 e. The van der Waals surface area contributed by atoms with Gasteiger partial charge in [-0.3, -0.25) is 0 Å². The Kier molecular flexibility index (Phi) is 8.01. The van der Waals surface area contributed by atoms with Gasteiger partial charge in [0.25, 0.3) is 0 Å². The van der Waals surface area contributed by atoms with Crippen LogP contribution in [0.1, 0.15) is 32.6 Å². The Hall–Kier alpha value is -0.0551. The fourth-order valence-corrected chi connectivity index (χ4v) is 0.820. The molecule has 11 heavy (non-hydrogen) atoms. The van der Waals surface area contributed by atoms with Gasteiger partial charge >= 0.3 is 7.12 Å². The molecule has 66 valence electrons. The highest BCUT2D eigenvalue weighted by Crippen LogP contribution is 1.98. The summed E-state index contributed by atoms with van der Waals surface area (Å²) in [5, 5.41) is 16.8. The van der Waals surface area contributed by atoms with Crippen LogP contribution >= 0.6 is 0 Å². The molecule has 0 bridgehead atoms. The maximum Gasteiger partial charge on any atom is 0.479 e. The molecule has 0 aliphatic carbocycles. The number of unbranched alkanes of at least 4 members (excludes halogenated alkanes) is 3. The van der Waals surface area contributed by atoms with E-state index in [-0.39, 0.29) is 6.51 Å². The predicted molar refractivity (Wildman–Crippen MR) is 45.2 cm³/mol. The molecule has 0 unspecified atom stereocenters. The van der Waals surface area contributed by atoms with E-state index in [9.17, 15) is 0 Å². The quantitative estimate of drug-likeness (QED) is 0.423. The minimum atomic E-state index is -1.32. The van der Waals surface area contributed by atoms with Gasteiger partial charge in [0, 0.05) is 6.61 Å². The van der Waals surface area contributed by atoms with Crippen LogP contribution in [0.4, 0.5) is 0 Å². The van der Waals surface area contributed by atoms with Gasteiger partial charge in [-0.05, 0) is 6.42 Å². The summed E-state index contributed by atoms with van der Waals surface area (Å²) >= 11 is 0. The SMILES string of the molecule is CCCCCCOCB(O)O. The summed E-state index contributed by atoms with van der Waals surface area (Å²) in [6.45, 7) is 2.82. The van der Waals surface area contributed by atoms with Gasteiger partial charge in [0.2, 0.25) is 0 Å². The van der Waals surface area contributed by atoms with E-state index in [0.29, 0.717) is 6.61 Å². The molecule has 0 amide bonds. The molecule has 0 radical (unpaired) electrons. The minimum Gasteiger partial charge on any atom is -0.426 e. The number of hydrogen-bond donors (Lipinski definition) is 2. The molecule has 0 aliphatic heterocycles. The van der Waals surface area contributed by atoms with Gasteiger partial charge in [0.05, 0.1) is 6.51 Å². The molecule has 0 saturated carbocycles. The third-order valence-corrected chi connectivity index (χ3v) is 1.41. The maximum absolute atomic E-state index is 8.39. The molecular formula is C7H17BO3. The molecule has 0 heterocycles. The van der Waals surface area contributed by atoms with E-state index in [1.165, 1.54) is 12.8 Å². The number of hydrogen-bond acceptors (Lipinski definition) is 3. The fourth-order valence-electron chi connectivity index (χ4n) is 0.820. The molecule has 0 aromatic rings. The molecule has 2 N–H and O–H groups in total. The summed E-state index contributed by atoms with van der Waals surface area (Å²) in [7, 11) is -1.32. The van der Waals surface area contributed by atoms with E-state index in [4.69, 9.17) is 14.8 Å². The van der Waals surface area contributed by atoms with E-state index in [2.05, 4.69) is 6.92 Å². The molecule has 0 atom stereocenters. The summed E-state index contributed by atoms with van der Waals surface area (Å²) in [5.41, 5.74) is 0. The van der Waals surface area contributed by atoms with Gasteiger partial charge in [-0.15, -0.1) is 0 Å². The van der Waals surface area contributed by atoms with Crippen LogP contribution in [0.25, 0.3) is 0 Å². The summed E-state index contributed by atoms with van der Waals surface area (Å²) in [6, 6.07) is 0. The van der Waals surface area contributed by atoms with Crippen LogP contribution in [0.3, 0.4) is 0 Å². The zero-order chi connectivity index (χ0) is 8.53. The van der Waals surface area contributed by atoms with E-state index < -0.39 is 7.12 Å². The number of ether oxygens (including phenoxy) is 1. The average molecular weight is 160 g/mol. The van der Waals surface area contributed by atoms with Crippen LogP contribution in [0.15, 0.2) is 0 Å². The van der Waals surface area contributed by atoms with E-state index in [1.807, 2.05) is 0 Å². The Morgan fingerprint density at radius 3 is 2.45 bits per heavy atom. The second-order valence-corrected chi connectivity index (χ2v) is 2.62. The lowest BCUT2D eigenvalue weighted by Gasteiger charge is -2.01. The van der Waals surface area contributed by atoms with Crippen molar-refractivity contribution in [3.8, 4) is 0 Å². The van der Waals surface area contributed by atoms with Crippen molar-refractivity contribution < 1.29 is 14.8 Å². The maximum atomic E-state index is 8.39. The third-order valence-electron chi connectivity index (χ3n) is 1.41. The minimum absolute atomic E-state index is 0.0339. The van der Waals surface area contributed by atoms with E-state index >= 15 is 0 Å². The van der Waals surface area contributed by atoms with Crippen molar-refractivity contribution in [3.05, 3.63) is 0 Å². The van der Waals surface area contributed by atoms with Gasteiger partial charge in [0.1, 0.15) is 0 Å². The average Bonchev–Trinajstić information content (AvgIpc) is 1.96. The summed E-state index contributed by atoms with van der Waals surface area (Å²) < 4.78 is 4.94. The van der Waals surface area contributed by atoms with Crippen molar-refractivity contribution in [1.82, 2.24) is 0 Å². The first-order valence-corrected chi connectivity index (χ1v) is 4.21. The lowest BCUT2D eigenvalue weighted by Crippen LogP contribution is -2.20. The summed E-state index contributed by atoms with van der Waals surface area (Å²) in [4.78, 5) is 0. The monoisotopic (exact) mass is 160 g/mol. The van der Waals surface area contributed by atoms with Crippen LogP contribution in [-0.2, 0) is 4.74 Å². The molecular weight excluding hydrogens is 143 g/mol. The first-order chi connectivity index (χ1) is 5.27. The standard InChI is InChI=1S/C7H17BO3/c1-2-3-4-5-6-11-7-8(9)10/h9-10H,2-7H2,1H3. The van der Waals surface area contributed by atoms with Crippen LogP contribution < -0.4 is 0 Å². The number of rotatable bonds is 7. The second-order valence-electron chi connectivity index (χ2n) is 2.62. The normalized spacial score (nSPS) is 10.1. The largest absolute Gasteiger partial charge is 0.479 e. The highest BCUT2D eigenvalue weighted by Gasteiger charge is 2.04. The van der Waals surface area contributed by atoms with Crippen LogP contribution in [0.2, 0.25) is 0 Å². The van der Waals surface area contributed by atoms with Crippen molar-refractivity contribution in [3.63, 3.8) is 0 Å². The highest BCUT2D eigenvalue weighted by atomic mass is 16.5. The Morgan fingerprint density at radius 2 is 1.91 bits per heavy atom. The highest BCUT2D eigenvalue weighted by molar-refractivity contribution is 6.40. The Bertz CT molecular complexity index is 78.1. The van der Waals surface area contributed by atoms with E-state index in [1.54, 1.807) is 0 Å². The second kappa shape index (κ2) is 8.05. The molecule has 0 rings (SSSR count). The van der Waals surface area contributed by atoms with Gasteiger partial charge in [-0.1, -0.05) is 26.2 Å². The lowest BCUT2D eigenvalue weighted by molar-refractivity contribution is 0.149.